The van der Waals surface area contributed by atoms with Crippen molar-refractivity contribution in [2.24, 2.45) is 0 Å². The van der Waals surface area contributed by atoms with Crippen LogP contribution in [0, 0.1) is 0 Å². The molecule has 0 spiro atoms. The van der Waals surface area contributed by atoms with Crippen molar-refractivity contribution in [3.8, 4) is 0 Å². The van der Waals surface area contributed by atoms with Crippen LogP contribution in [-0.4, -0.2) is 31.2 Å². The molecule has 0 aromatic heterocycles. The minimum absolute atomic E-state index is 0.327. The third-order valence-corrected chi connectivity index (χ3v) is 3.56. The summed E-state index contributed by atoms with van der Waals surface area (Å²) in [6, 6.07) is 0. The van der Waals surface area contributed by atoms with Crippen molar-refractivity contribution >= 4 is 10.0 Å². The molecular weight excluding hydrogens is 235 g/mol. The molecule has 4 nitrogen and oxygen atoms in total. The SMILES string of the molecule is O=S(=O)(NCC1(O)CCCC1)C(F)(F)F. The lowest BCUT2D eigenvalue weighted by atomic mass is 10.0. The second-order valence-corrected chi connectivity index (χ2v) is 5.46. The van der Waals surface area contributed by atoms with Gasteiger partial charge in [-0.25, -0.2) is 13.1 Å². The van der Waals surface area contributed by atoms with Crippen LogP contribution in [0.4, 0.5) is 13.2 Å². The maximum absolute atomic E-state index is 11.9. The molecular formula is C7H12F3NO3S. The van der Waals surface area contributed by atoms with E-state index in [1.807, 2.05) is 0 Å². The van der Waals surface area contributed by atoms with Gasteiger partial charge in [0.1, 0.15) is 0 Å². The highest BCUT2D eigenvalue weighted by atomic mass is 32.2. The Bertz CT molecular complexity index is 319. The molecule has 0 amide bonds. The Balaban J connectivity index is 2.57. The van der Waals surface area contributed by atoms with E-state index in [2.05, 4.69) is 0 Å². The molecule has 0 aliphatic heterocycles. The van der Waals surface area contributed by atoms with Crippen molar-refractivity contribution in [1.29, 1.82) is 0 Å². The lowest BCUT2D eigenvalue weighted by Crippen LogP contribution is -2.45. The molecule has 15 heavy (non-hydrogen) atoms. The molecule has 1 saturated carbocycles. The van der Waals surface area contributed by atoms with Gasteiger partial charge in [-0.3, -0.25) is 0 Å². The van der Waals surface area contributed by atoms with Crippen molar-refractivity contribution in [3.05, 3.63) is 0 Å². The molecule has 1 aliphatic rings. The number of nitrogens with one attached hydrogen (secondary N) is 1. The molecule has 2 N–H and O–H groups in total. The highest BCUT2D eigenvalue weighted by Gasteiger charge is 2.47. The average Bonchev–Trinajstić information content (AvgIpc) is 2.48. The van der Waals surface area contributed by atoms with Crippen LogP contribution in [0.25, 0.3) is 0 Å². The number of hydrogen-bond acceptors (Lipinski definition) is 3. The normalized spacial score (nSPS) is 21.9. The molecule has 0 radical (unpaired) electrons. The van der Waals surface area contributed by atoms with E-state index in [-0.39, 0.29) is 0 Å². The third kappa shape index (κ3) is 3.05. The van der Waals surface area contributed by atoms with Crippen molar-refractivity contribution < 1.29 is 26.7 Å². The third-order valence-electron chi connectivity index (χ3n) is 2.43. The highest BCUT2D eigenvalue weighted by Crippen LogP contribution is 2.29. The molecule has 0 bridgehead atoms. The van der Waals surface area contributed by atoms with Gasteiger partial charge in [-0.05, 0) is 12.8 Å². The summed E-state index contributed by atoms with van der Waals surface area (Å²) in [6.07, 6.45) is 2.05. The molecule has 1 aliphatic carbocycles. The van der Waals surface area contributed by atoms with E-state index < -0.39 is 27.7 Å². The Labute approximate surface area is 85.5 Å². The molecule has 1 rings (SSSR count). The minimum Gasteiger partial charge on any atom is -0.389 e. The summed E-state index contributed by atoms with van der Waals surface area (Å²) in [4.78, 5) is 0. The monoisotopic (exact) mass is 247 g/mol. The van der Waals surface area contributed by atoms with Crippen LogP contribution < -0.4 is 4.72 Å². The fourth-order valence-corrected chi connectivity index (χ4v) is 2.14. The van der Waals surface area contributed by atoms with Gasteiger partial charge in [0.2, 0.25) is 0 Å². The standard InChI is InChI=1S/C7H12F3NO3S/c8-7(9,10)15(13,14)11-5-6(12)3-1-2-4-6/h11-12H,1-5H2. The maximum atomic E-state index is 11.9. The zero-order valence-electron chi connectivity index (χ0n) is 7.84. The Morgan fingerprint density at radius 3 is 2.13 bits per heavy atom. The van der Waals surface area contributed by atoms with Crippen LogP contribution in [0.15, 0.2) is 0 Å². The van der Waals surface area contributed by atoms with E-state index in [9.17, 15) is 26.7 Å². The van der Waals surface area contributed by atoms with E-state index in [0.717, 1.165) is 0 Å². The van der Waals surface area contributed by atoms with Crippen LogP contribution in [0.2, 0.25) is 0 Å². The summed E-state index contributed by atoms with van der Waals surface area (Å²) in [5.74, 6) is 0. The number of rotatable bonds is 3. The average molecular weight is 247 g/mol. The van der Waals surface area contributed by atoms with Gasteiger partial charge in [0.15, 0.2) is 0 Å². The first-order valence-corrected chi connectivity index (χ1v) is 5.93. The predicted octanol–water partition coefficient (Wildman–Crippen LogP) is 0.731. The first-order valence-electron chi connectivity index (χ1n) is 4.45. The van der Waals surface area contributed by atoms with Gasteiger partial charge in [-0.1, -0.05) is 12.8 Å². The van der Waals surface area contributed by atoms with Crippen LogP contribution >= 0.6 is 0 Å². The molecule has 0 heterocycles. The predicted molar refractivity (Wildman–Crippen MR) is 46.4 cm³/mol. The van der Waals surface area contributed by atoms with E-state index in [4.69, 9.17) is 0 Å². The number of sulfonamides is 1. The van der Waals surface area contributed by atoms with Gasteiger partial charge in [0, 0.05) is 6.54 Å². The van der Waals surface area contributed by atoms with Crippen LogP contribution in [0.1, 0.15) is 25.7 Å². The lowest BCUT2D eigenvalue weighted by molar-refractivity contribution is -0.0455. The fourth-order valence-electron chi connectivity index (χ4n) is 1.52. The van der Waals surface area contributed by atoms with Crippen molar-refractivity contribution in [3.63, 3.8) is 0 Å². The molecule has 0 unspecified atom stereocenters. The summed E-state index contributed by atoms with van der Waals surface area (Å²) in [5, 5.41) is 9.63. The summed E-state index contributed by atoms with van der Waals surface area (Å²) in [6.45, 7) is -0.575. The second-order valence-electron chi connectivity index (χ2n) is 3.70. The van der Waals surface area contributed by atoms with Crippen molar-refractivity contribution in [2.45, 2.75) is 36.8 Å². The van der Waals surface area contributed by atoms with Gasteiger partial charge in [0.05, 0.1) is 5.60 Å². The minimum atomic E-state index is -5.33. The molecule has 1 fully saturated rings. The topological polar surface area (TPSA) is 66.4 Å². The highest BCUT2D eigenvalue weighted by molar-refractivity contribution is 7.90. The van der Waals surface area contributed by atoms with Gasteiger partial charge in [0.25, 0.3) is 0 Å². The smallest absolute Gasteiger partial charge is 0.389 e. The van der Waals surface area contributed by atoms with Gasteiger partial charge < -0.3 is 5.11 Å². The largest absolute Gasteiger partial charge is 0.511 e. The number of hydrogen-bond donors (Lipinski definition) is 2. The zero-order valence-corrected chi connectivity index (χ0v) is 8.66. The molecule has 8 heteroatoms. The molecule has 0 aromatic rings. The zero-order chi connectivity index (χ0) is 11.7. The molecule has 0 aromatic carbocycles. The molecule has 90 valence electrons. The van der Waals surface area contributed by atoms with E-state index in [1.54, 1.807) is 0 Å². The Kier molecular flexibility index (Phi) is 3.32. The van der Waals surface area contributed by atoms with E-state index in [0.29, 0.717) is 25.7 Å². The summed E-state index contributed by atoms with van der Waals surface area (Å²) in [5.41, 5.74) is -6.64. The number of halogens is 3. The summed E-state index contributed by atoms with van der Waals surface area (Å²) in [7, 11) is -5.33. The first-order chi connectivity index (χ1) is 6.66. The Hall–Kier alpha value is -0.340. The second kappa shape index (κ2) is 3.91. The van der Waals surface area contributed by atoms with E-state index >= 15 is 0 Å². The van der Waals surface area contributed by atoms with Gasteiger partial charge in [-0.2, -0.15) is 13.2 Å². The van der Waals surface area contributed by atoms with Gasteiger partial charge >= 0.3 is 15.5 Å². The van der Waals surface area contributed by atoms with Crippen LogP contribution in [0.5, 0.6) is 0 Å². The molecule has 0 saturated heterocycles. The van der Waals surface area contributed by atoms with Crippen molar-refractivity contribution in [2.75, 3.05) is 6.54 Å². The first kappa shape index (κ1) is 12.7. The number of aliphatic hydroxyl groups is 1. The Morgan fingerprint density at radius 1 is 1.27 bits per heavy atom. The van der Waals surface area contributed by atoms with Crippen LogP contribution in [-0.2, 0) is 10.0 Å². The van der Waals surface area contributed by atoms with Crippen molar-refractivity contribution in [1.82, 2.24) is 4.72 Å². The van der Waals surface area contributed by atoms with E-state index in [1.165, 1.54) is 4.72 Å². The lowest BCUT2D eigenvalue weighted by Gasteiger charge is -2.22. The van der Waals surface area contributed by atoms with Gasteiger partial charge in [-0.15, -0.1) is 0 Å². The maximum Gasteiger partial charge on any atom is 0.511 e. The van der Waals surface area contributed by atoms with Crippen LogP contribution in [0.3, 0.4) is 0 Å². The fraction of sp³-hybridized carbons (Fsp3) is 1.00. The molecule has 0 atom stereocenters. The summed E-state index contributed by atoms with van der Waals surface area (Å²) < 4.78 is 58.3. The quantitative estimate of drug-likeness (QED) is 0.772. The Morgan fingerprint density at radius 2 is 1.73 bits per heavy atom. The number of alkyl halides is 3. The summed E-state index contributed by atoms with van der Waals surface area (Å²) >= 11 is 0.